The van der Waals surface area contributed by atoms with Crippen LogP contribution in [0, 0.1) is 17.2 Å². The number of hydrogen-bond acceptors (Lipinski definition) is 3. The molecule has 3 heteroatoms. The standard InChI is InChI=1S/C11H20N2O/c1-2-10(6-7-14)13-11-5-3-4-9(11)8-12/h9-11,13-14H,2-7H2,1H3. The Morgan fingerprint density at radius 3 is 2.93 bits per heavy atom. The van der Waals surface area contributed by atoms with E-state index in [1.165, 1.54) is 0 Å². The molecule has 1 aliphatic carbocycles. The highest BCUT2D eigenvalue weighted by Crippen LogP contribution is 2.25. The molecule has 3 nitrogen and oxygen atoms in total. The van der Waals surface area contributed by atoms with E-state index in [0.29, 0.717) is 12.1 Å². The van der Waals surface area contributed by atoms with Crippen LogP contribution in [-0.2, 0) is 0 Å². The fourth-order valence-corrected chi connectivity index (χ4v) is 2.18. The first-order valence-electron chi connectivity index (χ1n) is 5.58. The van der Waals surface area contributed by atoms with E-state index in [1.807, 2.05) is 0 Å². The topological polar surface area (TPSA) is 56.0 Å². The van der Waals surface area contributed by atoms with Gasteiger partial charge in [-0.3, -0.25) is 0 Å². The van der Waals surface area contributed by atoms with Gasteiger partial charge in [0, 0.05) is 18.7 Å². The third kappa shape index (κ3) is 2.97. The zero-order valence-electron chi connectivity index (χ0n) is 8.87. The Bertz CT molecular complexity index is 200. The van der Waals surface area contributed by atoms with Crippen molar-refractivity contribution in [1.29, 1.82) is 5.26 Å². The summed E-state index contributed by atoms with van der Waals surface area (Å²) in [6, 6.07) is 3.09. The minimum absolute atomic E-state index is 0.183. The fraction of sp³-hybridized carbons (Fsp3) is 0.909. The van der Waals surface area contributed by atoms with Gasteiger partial charge in [0.25, 0.3) is 0 Å². The first-order chi connectivity index (χ1) is 6.81. The number of hydrogen-bond donors (Lipinski definition) is 2. The molecule has 1 rings (SSSR count). The summed E-state index contributed by atoms with van der Waals surface area (Å²) < 4.78 is 0. The number of aliphatic hydroxyl groups excluding tert-OH is 1. The molecule has 14 heavy (non-hydrogen) atoms. The molecule has 0 aromatic rings. The Labute approximate surface area is 86.1 Å². The highest BCUT2D eigenvalue weighted by Gasteiger charge is 2.28. The number of nitrogens with zero attached hydrogens (tertiary/aromatic N) is 1. The molecule has 1 saturated carbocycles. The maximum absolute atomic E-state index is 8.91. The lowest BCUT2D eigenvalue weighted by Gasteiger charge is -2.23. The highest BCUT2D eigenvalue weighted by atomic mass is 16.3. The molecule has 1 aliphatic rings. The molecule has 0 saturated heterocycles. The highest BCUT2D eigenvalue weighted by molar-refractivity contribution is 4.97. The minimum atomic E-state index is 0.183. The number of nitriles is 1. The van der Waals surface area contributed by atoms with Crippen LogP contribution in [0.2, 0.25) is 0 Å². The minimum Gasteiger partial charge on any atom is -0.396 e. The average molecular weight is 196 g/mol. The van der Waals surface area contributed by atoms with E-state index in [9.17, 15) is 0 Å². The summed E-state index contributed by atoms with van der Waals surface area (Å²) in [6.45, 7) is 2.35. The quantitative estimate of drug-likeness (QED) is 0.699. The van der Waals surface area contributed by atoms with Crippen LogP contribution in [-0.4, -0.2) is 23.8 Å². The van der Waals surface area contributed by atoms with Crippen LogP contribution in [0.15, 0.2) is 0 Å². The van der Waals surface area contributed by atoms with E-state index in [-0.39, 0.29) is 12.5 Å². The molecular weight excluding hydrogens is 176 g/mol. The predicted octanol–water partition coefficient (Wildman–Crippen LogP) is 1.43. The van der Waals surface area contributed by atoms with Crippen LogP contribution < -0.4 is 5.32 Å². The summed E-state index contributed by atoms with van der Waals surface area (Å²) >= 11 is 0. The Morgan fingerprint density at radius 2 is 2.36 bits per heavy atom. The van der Waals surface area contributed by atoms with Crippen molar-refractivity contribution < 1.29 is 5.11 Å². The van der Waals surface area contributed by atoms with Crippen LogP contribution in [0.1, 0.15) is 39.0 Å². The van der Waals surface area contributed by atoms with Gasteiger partial charge in [0.2, 0.25) is 0 Å². The molecule has 3 unspecified atom stereocenters. The maximum atomic E-state index is 8.91. The summed E-state index contributed by atoms with van der Waals surface area (Å²) in [5.41, 5.74) is 0. The SMILES string of the molecule is CCC(CCO)NC1CCCC1C#N. The first kappa shape index (κ1) is 11.5. The van der Waals surface area contributed by atoms with Gasteiger partial charge in [-0.15, -0.1) is 0 Å². The van der Waals surface area contributed by atoms with Crippen molar-refractivity contribution in [3.05, 3.63) is 0 Å². The van der Waals surface area contributed by atoms with E-state index in [4.69, 9.17) is 10.4 Å². The Hall–Kier alpha value is -0.590. The number of aliphatic hydroxyl groups is 1. The van der Waals surface area contributed by atoms with Gasteiger partial charge in [-0.2, -0.15) is 5.26 Å². The molecule has 0 aromatic heterocycles. The van der Waals surface area contributed by atoms with Gasteiger partial charge in [-0.1, -0.05) is 13.3 Å². The summed E-state index contributed by atoms with van der Waals surface area (Å²) in [6.07, 6.45) is 5.12. The van der Waals surface area contributed by atoms with Crippen LogP contribution in [0.4, 0.5) is 0 Å². The molecule has 0 aliphatic heterocycles. The molecule has 3 atom stereocenters. The second kappa shape index (κ2) is 6.00. The van der Waals surface area contributed by atoms with Gasteiger partial charge in [0.05, 0.1) is 12.0 Å². The van der Waals surface area contributed by atoms with Gasteiger partial charge in [0.15, 0.2) is 0 Å². The molecule has 2 N–H and O–H groups in total. The van der Waals surface area contributed by atoms with Crippen LogP contribution in [0.25, 0.3) is 0 Å². The lowest BCUT2D eigenvalue weighted by atomic mass is 10.0. The van der Waals surface area contributed by atoms with Crippen LogP contribution >= 0.6 is 0 Å². The molecule has 0 bridgehead atoms. The number of nitrogens with one attached hydrogen (secondary N) is 1. The summed E-state index contributed by atoms with van der Waals surface area (Å²) in [5.74, 6) is 0.183. The third-order valence-corrected chi connectivity index (χ3v) is 3.10. The van der Waals surface area contributed by atoms with Crippen molar-refractivity contribution in [2.24, 2.45) is 5.92 Å². The van der Waals surface area contributed by atoms with Crippen molar-refractivity contribution in [1.82, 2.24) is 5.32 Å². The molecule has 0 aromatic carbocycles. The van der Waals surface area contributed by atoms with Crippen LogP contribution in [0.5, 0.6) is 0 Å². The van der Waals surface area contributed by atoms with Gasteiger partial charge < -0.3 is 10.4 Å². The predicted molar refractivity (Wildman–Crippen MR) is 55.7 cm³/mol. The summed E-state index contributed by atoms with van der Waals surface area (Å²) in [5, 5.41) is 21.3. The zero-order valence-corrected chi connectivity index (χ0v) is 8.87. The van der Waals surface area contributed by atoms with Gasteiger partial charge in [0.1, 0.15) is 0 Å². The van der Waals surface area contributed by atoms with Crippen molar-refractivity contribution in [3.63, 3.8) is 0 Å². The first-order valence-corrected chi connectivity index (χ1v) is 5.58. The van der Waals surface area contributed by atoms with Crippen LogP contribution in [0.3, 0.4) is 0 Å². The molecule has 0 spiro atoms. The smallest absolute Gasteiger partial charge is 0.0672 e. The summed E-state index contributed by atoms with van der Waals surface area (Å²) in [7, 11) is 0. The number of rotatable bonds is 5. The van der Waals surface area contributed by atoms with E-state index < -0.39 is 0 Å². The zero-order chi connectivity index (χ0) is 10.4. The van der Waals surface area contributed by atoms with E-state index in [2.05, 4.69) is 18.3 Å². The normalized spacial score (nSPS) is 28.6. The van der Waals surface area contributed by atoms with Crippen molar-refractivity contribution in [2.75, 3.05) is 6.61 Å². The van der Waals surface area contributed by atoms with Crippen molar-refractivity contribution in [2.45, 2.75) is 51.1 Å². The molecular formula is C11H20N2O. The summed E-state index contributed by atoms with van der Waals surface area (Å²) in [4.78, 5) is 0. The second-order valence-corrected chi connectivity index (χ2v) is 4.06. The van der Waals surface area contributed by atoms with Gasteiger partial charge in [-0.05, 0) is 25.7 Å². The van der Waals surface area contributed by atoms with Gasteiger partial charge >= 0.3 is 0 Å². The van der Waals surface area contributed by atoms with E-state index in [0.717, 1.165) is 32.1 Å². The Kier molecular flexibility index (Phi) is 4.92. The van der Waals surface area contributed by atoms with Gasteiger partial charge in [-0.25, -0.2) is 0 Å². The second-order valence-electron chi connectivity index (χ2n) is 4.06. The lowest BCUT2D eigenvalue weighted by molar-refractivity contribution is 0.251. The molecule has 80 valence electrons. The lowest BCUT2D eigenvalue weighted by Crippen LogP contribution is -2.40. The van der Waals surface area contributed by atoms with Crippen molar-refractivity contribution in [3.8, 4) is 6.07 Å². The molecule has 0 heterocycles. The maximum Gasteiger partial charge on any atom is 0.0672 e. The average Bonchev–Trinajstić information content (AvgIpc) is 2.64. The van der Waals surface area contributed by atoms with E-state index in [1.54, 1.807) is 0 Å². The van der Waals surface area contributed by atoms with E-state index >= 15 is 0 Å². The largest absolute Gasteiger partial charge is 0.396 e. The monoisotopic (exact) mass is 196 g/mol. The molecule has 0 amide bonds. The molecule has 1 fully saturated rings. The Morgan fingerprint density at radius 1 is 1.57 bits per heavy atom. The molecule has 0 radical (unpaired) electrons. The van der Waals surface area contributed by atoms with Crippen molar-refractivity contribution >= 4 is 0 Å². The third-order valence-electron chi connectivity index (χ3n) is 3.10. The fourth-order valence-electron chi connectivity index (χ4n) is 2.18. The Balaban J connectivity index is 2.37.